The molecule has 1 saturated heterocycles. The largest absolute Gasteiger partial charge is 0.504 e. The van der Waals surface area contributed by atoms with Crippen molar-refractivity contribution in [3.05, 3.63) is 12.2 Å². The monoisotopic (exact) mass is 472 g/mol. The van der Waals surface area contributed by atoms with Gasteiger partial charge >= 0.3 is 12.1 Å². The molecule has 184 valence electrons. The average Bonchev–Trinajstić information content (AvgIpc) is 2.70. The predicted molar refractivity (Wildman–Crippen MR) is 123 cm³/mol. The summed E-state index contributed by atoms with van der Waals surface area (Å²) in [6.45, 7) is 12.1. The van der Waals surface area contributed by atoms with Crippen molar-refractivity contribution in [1.29, 1.82) is 0 Å². The number of hydrogen-bond acceptors (Lipinski definition) is 8. The Bertz CT molecular complexity index is 684. The molecule has 1 aliphatic rings. The minimum absolute atomic E-state index is 0.248. The molecule has 0 saturated carbocycles. The van der Waals surface area contributed by atoms with Crippen molar-refractivity contribution < 1.29 is 33.0 Å². The predicted octanol–water partition coefficient (Wildman–Crippen LogP) is 3.38. The average molecular weight is 473 g/mol. The van der Waals surface area contributed by atoms with E-state index in [1.54, 1.807) is 6.08 Å². The fourth-order valence-electron chi connectivity index (χ4n) is 2.83. The quantitative estimate of drug-likeness (QED) is 0.214. The van der Waals surface area contributed by atoms with Crippen LogP contribution in [0.4, 0.5) is 4.79 Å². The van der Waals surface area contributed by atoms with Gasteiger partial charge < -0.3 is 18.6 Å². The number of carbonyl (C=O) groups is 3. The molecular formula is C22H40N2O7Si. The van der Waals surface area contributed by atoms with Crippen LogP contribution in [0, 0.1) is 0 Å². The summed E-state index contributed by atoms with van der Waals surface area (Å²) in [6.07, 6.45) is 3.15. The summed E-state index contributed by atoms with van der Waals surface area (Å²) in [6, 6.07) is 0. The summed E-state index contributed by atoms with van der Waals surface area (Å²) in [4.78, 5) is 38.1. The molecule has 9 nitrogen and oxygen atoms in total. The Morgan fingerprint density at radius 1 is 1.25 bits per heavy atom. The van der Waals surface area contributed by atoms with Gasteiger partial charge in [-0.2, -0.15) is 0 Å². The molecule has 0 aromatic rings. The normalized spacial score (nSPS) is 20.3. The van der Waals surface area contributed by atoms with Gasteiger partial charge in [0.15, 0.2) is 12.1 Å². The number of allylic oxidation sites excluding steroid dienone is 2. The van der Waals surface area contributed by atoms with Crippen molar-refractivity contribution in [2.75, 3.05) is 13.7 Å². The lowest BCUT2D eigenvalue weighted by Crippen LogP contribution is -2.70. The van der Waals surface area contributed by atoms with Crippen molar-refractivity contribution in [2.24, 2.45) is 5.73 Å². The molecule has 1 rings (SSSR count). The topological polar surface area (TPSA) is 126 Å². The SMILES string of the molecule is CCC=CC(=O)C[C@@H](OC1CCCCO1)[C@](N)(NC(=O)O[Si](C)(C)C(C)(C)C)C(=O)OC. The van der Waals surface area contributed by atoms with Crippen LogP contribution in [0.2, 0.25) is 18.1 Å². The number of ketones is 1. The highest BCUT2D eigenvalue weighted by molar-refractivity contribution is 6.75. The summed E-state index contributed by atoms with van der Waals surface area (Å²) >= 11 is 0. The van der Waals surface area contributed by atoms with Crippen LogP contribution in [-0.2, 0) is 28.2 Å². The van der Waals surface area contributed by atoms with Crippen LogP contribution in [0.5, 0.6) is 0 Å². The van der Waals surface area contributed by atoms with E-state index in [4.69, 9.17) is 24.4 Å². The molecule has 0 aromatic carbocycles. The molecule has 0 aromatic heterocycles. The number of esters is 1. The van der Waals surface area contributed by atoms with E-state index >= 15 is 0 Å². The number of hydrogen-bond donors (Lipinski definition) is 2. The Balaban J connectivity index is 3.20. The Kier molecular flexibility index (Phi) is 10.5. The van der Waals surface area contributed by atoms with E-state index in [9.17, 15) is 14.4 Å². The van der Waals surface area contributed by atoms with E-state index < -0.39 is 38.4 Å². The molecule has 1 amide bonds. The Hall–Kier alpha value is -1.75. The van der Waals surface area contributed by atoms with Crippen LogP contribution in [0.25, 0.3) is 0 Å². The lowest BCUT2D eigenvalue weighted by Gasteiger charge is -2.39. The third-order valence-electron chi connectivity index (χ3n) is 5.87. The fraction of sp³-hybridized carbons (Fsp3) is 0.773. The number of nitrogens with one attached hydrogen (secondary N) is 1. The van der Waals surface area contributed by atoms with Gasteiger partial charge in [-0.05, 0) is 49.9 Å². The maximum Gasteiger partial charge on any atom is 0.395 e. The standard InChI is InChI=1S/C22H40N2O7Si/c1-8-9-12-16(25)15-17(30-18-13-10-11-14-29-18)22(23,19(26)28-5)24-20(27)31-32(6,7)21(2,3)4/h9,12,17-18H,8,10-11,13-15,23H2,1-7H3,(H,24,27)/t17-,18?,22+/m1/s1. The van der Waals surface area contributed by atoms with E-state index in [1.165, 1.54) is 6.08 Å². The number of carbonyl (C=O) groups excluding carboxylic acids is 3. The molecule has 1 heterocycles. The molecule has 3 N–H and O–H groups in total. The van der Waals surface area contributed by atoms with Crippen LogP contribution in [-0.4, -0.2) is 57.9 Å². The maximum absolute atomic E-state index is 12.8. The zero-order valence-electron chi connectivity index (χ0n) is 20.5. The van der Waals surface area contributed by atoms with Gasteiger partial charge in [0, 0.05) is 13.0 Å². The maximum atomic E-state index is 12.8. The van der Waals surface area contributed by atoms with Gasteiger partial charge in [-0.1, -0.05) is 33.8 Å². The summed E-state index contributed by atoms with van der Waals surface area (Å²) in [5, 5.41) is 2.19. The molecular weight excluding hydrogens is 432 g/mol. The van der Waals surface area contributed by atoms with Crippen molar-refractivity contribution in [1.82, 2.24) is 5.32 Å². The zero-order chi connectivity index (χ0) is 24.6. The second-order valence-electron chi connectivity index (χ2n) is 9.54. The highest BCUT2D eigenvalue weighted by atomic mass is 28.4. The second kappa shape index (κ2) is 11.9. The molecule has 0 aliphatic carbocycles. The van der Waals surface area contributed by atoms with Crippen molar-refractivity contribution in [3.63, 3.8) is 0 Å². The van der Waals surface area contributed by atoms with Gasteiger partial charge in [0.2, 0.25) is 5.66 Å². The number of methoxy groups -OCH3 is 1. The van der Waals surface area contributed by atoms with Crippen LogP contribution >= 0.6 is 0 Å². The van der Waals surface area contributed by atoms with E-state index in [2.05, 4.69) is 5.32 Å². The first-order valence-electron chi connectivity index (χ1n) is 11.1. The van der Waals surface area contributed by atoms with Gasteiger partial charge in [0.05, 0.1) is 7.11 Å². The summed E-state index contributed by atoms with van der Waals surface area (Å²) in [5.41, 5.74) is 4.24. The third-order valence-corrected chi connectivity index (χ3v) is 10.2. The van der Waals surface area contributed by atoms with Crippen molar-refractivity contribution in [3.8, 4) is 0 Å². The first kappa shape index (κ1) is 28.3. The molecule has 1 fully saturated rings. The first-order valence-corrected chi connectivity index (χ1v) is 14.0. The van der Waals surface area contributed by atoms with E-state index in [1.807, 2.05) is 40.8 Å². The minimum Gasteiger partial charge on any atom is -0.504 e. The van der Waals surface area contributed by atoms with E-state index in [0.29, 0.717) is 19.4 Å². The first-order chi connectivity index (χ1) is 14.8. The molecule has 0 radical (unpaired) electrons. The van der Waals surface area contributed by atoms with Gasteiger partial charge in [0.1, 0.15) is 6.10 Å². The molecule has 10 heteroatoms. The van der Waals surface area contributed by atoms with Crippen molar-refractivity contribution in [2.45, 2.75) is 96.0 Å². The molecule has 0 bridgehead atoms. The number of ether oxygens (including phenoxy) is 3. The van der Waals surface area contributed by atoms with Gasteiger partial charge in [0.25, 0.3) is 8.32 Å². The van der Waals surface area contributed by atoms with Crippen LogP contribution in [0.1, 0.15) is 59.8 Å². The van der Waals surface area contributed by atoms with Gasteiger partial charge in [-0.3, -0.25) is 15.8 Å². The molecule has 0 spiro atoms. The van der Waals surface area contributed by atoms with Crippen LogP contribution in [0.3, 0.4) is 0 Å². The zero-order valence-corrected chi connectivity index (χ0v) is 21.5. The molecule has 3 atom stereocenters. The third kappa shape index (κ3) is 7.98. The Labute approximate surface area is 192 Å². The number of amides is 1. The van der Waals surface area contributed by atoms with Crippen molar-refractivity contribution >= 4 is 26.2 Å². The lowest BCUT2D eigenvalue weighted by molar-refractivity contribution is -0.209. The summed E-state index contributed by atoms with van der Waals surface area (Å²) in [7, 11) is -1.35. The molecule has 32 heavy (non-hydrogen) atoms. The van der Waals surface area contributed by atoms with E-state index in [-0.39, 0.29) is 17.2 Å². The number of nitrogens with two attached hydrogens (primary N) is 1. The highest BCUT2D eigenvalue weighted by Crippen LogP contribution is 2.36. The van der Waals surface area contributed by atoms with E-state index in [0.717, 1.165) is 20.0 Å². The fourth-order valence-corrected chi connectivity index (χ4v) is 3.65. The summed E-state index contributed by atoms with van der Waals surface area (Å²) in [5.74, 6) is -1.25. The highest BCUT2D eigenvalue weighted by Gasteiger charge is 2.49. The molecule has 1 unspecified atom stereocenters. The van der Waals surface area contributed by atoms with Gasteiger partial charge in [-0.25, -0.2) is 9.59 Å². The van der Waals surface area contributed by atoms with Crippen LogP contribution in [0.15, 0.2) is 12.2 Å². The van der Waals surface area contributed by atoms with Gasteiger partial charge in [-0.15, -0.1) is 0 Å². The van der Waals surface area contributed by atoms with Crippen LogP contribution < -0.4 is 11.1 Å². The Morgan fingerprint density at radius 2 is 1.91 bits per heavy atom. The smallest absolute Gasteiger partial charge is 0.395 e. The number of rotatable bonds is 10. The second-order valence-corrected chi connectivity index (χ2v) is 14.3. The summed E-state index contributed by atoms with van der Waals surface area (Å²) < 4.78 is 22.2. The minimum atomic E-state index is -2.50. The Morgan fingerprint density at radius 3 is 2.41 bits per heavy atom. The molecule has 1 aliphatic heterocycles. The lowest BCUT2D eigenvalue weighted by atomic mass is 9.98.